The van der Waals surface area contributed by atoms with Crippen LogP contribution in [-0.2, 0) is 9.53 Å². The maximum absolute atomic E-state index is 12.7. The number of rotatable bonds is 9. The summed E-state index contributed by atoms with van der Waals surface area (Å²) in [6, 6.07) is 20.3. The molecule has 0 aliphatic carbocycles. The monoisotopic (exact) mass is 454 g/mol. The van der Waals surface area contributed by atoms with Crippen LogP contribution in [0.5, 0.6) is 5.75 Å². The van der Waals surface area contributed by atoms with E-state index in [1.807, 2.05) is 37.3 Å². The molecule has 0 saturated heterocycles. The van der Waals surface area contributed by atoms with Crippen LogP contribution < -0.4 is 15.4 Å². The molecule has 1 amide bonds. The molecule has 0 unspecified atom stereocenters. The van der Waals surface area contributed by atoms with Crippen molar-refractivity contribution < 1.29 is 27.8 Å². The highest BCUT2D eigenvalue weighted by Gasteiger charge is 2.17. The van der Waals surface area contributed by atoms with E-state index in [4.69, 9.17) is 4.74 Å². The first kappa shape index (κ1) is 23.9. The maximum Gasteiger partial charge on any atom is 0.387 e. The molecule has 3 rings (SSSR count). The summed E-state index contributed by atoms with van der Waals surface area (Å²) in [5.74, 6) is -0.745. The summed E-state index contributed by atoms with van der Waals surface area (Å²) in [7, 11) is 1.29. The molecule has 0 bridgehead atoms. The lowest BCUT2D eigenvalue weighted by Gasteiger charge is -2.20. The summed E-state index contributed by atoms with van der Waals surface area (Å²) in [5.41, 5.74) is 3.32. The van der Waals surface area contributed by atoms with E-state index < -0.39 is 12.6 Å². The quantitative estimate of drug-likeness (QED) is 0.459. The highest BCUT2D eigenvalue weighted by molar-refractivity contribution is 5.96. The molecule has 6 nitrogen and oxygen atoms in total. The van der Waals surface area contributed by atoms with Gasteiger partial charge in [-0.05, 0) is 47.9 Å². The number of hydrogen-bond acceptors (Lipinski definition) is 5. The van der Waals surface area contributed by atoms with Crippen molar-refractivity contribution in [3.63, 3.8) is 0 Å². The van der Waals surface area contributed by atoms with E-state index in [0.717, 1.165) is 16.7 Å². The zero-order valence-electron chi connectivity index (χ0n) is 18.2. The summed E-state index contributed by atoms with van der Waals surface area (Å²) < 4.78 is 34.0. The number of halogens is 2. The number of ether oxygens (including phenoxy) is 2. The van der Waals surface area contributed by atoms with Crippen molar-refractivity contribution >= 4 is 17.6 Å². The Morgan fingerprint density at radius 1 is 0.939 bits per heavy atom. The van der Waals surface area contributed by atoms with E-state index in [1.165, 1.54) is 19.2 Å². The number of aryl methyl sites for hydroxylation is 1. The third-order valence-corrected chi connectivity index (χ3v) is 4.97. The van der Waals surface area contributed by atoms with Gasteiger partial charge in [0.1, 0.15) is 5.75 Å². The summed E-state index contributed by atoms with van der Waals surface area (Å²) in [6.45, 7) is -1.11. The molecule has 0 saturated carbocycles. The van der Waals surface area contributed by atoms with Gasteiger partial charge in [0.2, 0.25) is 5.91 Å². The van der Waals surface area contributed by atoms with Crippen molar-refractivity contribution in [3.8, 4) is 5.75 Å². The highest BCUT2D eigenvalue weighted by Crippen LogP contribution is 2.25. The second-order valence-electron chi connectivity index (χ2n) is 7.24. The number of alkyl halides is 2. The van der Waals surface area contributed by atoms with Gasteiger partial charge in [-0.1, -0.05) is 48.5 Å². The second kappa shape index (κ2) is 11.2. The Labute approximate surface area is 190 Å². The first-order valence-corrected chi connectivity index (χ1v) is 10.2. The van der Waals surface area contributed by atoms with Gasteiger partial charge in [-0.3, -0.25) is 10.1 Å². The van der Waals surface area contributed by atoms with Gasteiger partial charge in [0, 0.05) is 5.69 Å². The molecule has 2 N–H and O–H groups in total. The number of esters is 1. The number of hydrogen-bond donors (Lipinski definition) is 2. The van der Waals surface area contributed by atoms with Crippen LogP contribution in [0.15, 0.2) is 72.8 Å². The van der Waals surface area contributed by atoms with Gasteiger partial charge in [0.05, 0.1) is 25.3 Å². The number of benzene rings is 3. The third kappa shape index (κ3) is 6.60. The number of anilines is 1. The molecule has 3 aromatic carbocycles. The molecule has 0 fully saturated rings. The first-order valence-electron chi connectivity index (χ1n) is 10.2. The van der Waals surface area contributed by atoms with E-state index >= 15 is 0 Å². The third-order valence-electron chi connectivity index (χ3n) is 4.97. The molecule has 8 heteroatoms. The summed E-state index contributed by atoms with van der Waals surface area (Å²) >= 11 is 0. The van der Waals surface area contributed by atoms with E-state index in [2.05, 4.69) is 15.4 Å². The summed E-state index contributed by atoms with van der Waals surface area (Å²) in [5, 5.41) is 6.01. The van der Waals surface area contributed by atoms with Crippen molar-refractivity contribution in [1.29, 1.82) is 0 Å². The minimum atomic E-state index is -2.90. The lowest BCUT2D eigenvalue weighted by molar-refractivity contribution is -0.115. The number of amides is 1. The Kier molecular flexibility index (Phi) is 8.10. The Bertz CT molecular complexity index is 1090. The predicted octanol–water partition coefficient (Wildman–Crippen LogP) is 4.70. The van der Waals surface area contributed by atoms with Crippen LogP contribution in [0.2, 0.25) is 0 Å². The van der Waals surface area contributed by atoms with E-state index in [-0.39, 0.29) is 24.2 Å². The molecule has 0 aromatic heterocycles. The fraction of sp³-hybridized carbons (Fsp3) is 0.200. The van der Waals surface area contributed by atoms with Crippen molar-refractivity contribution in [2.75, 3.05) is 19.0 Å². The summed E-state index contributed by atoms with van der Waals surface area (Å²) in [6.07, 6.45) is 0. The van der Waals surface area contributed by atoms with Gasteiger partial charge in [0.15, 0.2) is 0 Å². The van der Waals surface area contributed by atoms with Gasteiger partial charge < -0.3 is 14.8 Å². The van der Waals surface area contributed by atoms with E-state index in [0.29, 0.717) is 11.3 Å². The molecule has 172 valence electrons. The number of nitrogens with one attached hydrogen (secondary N) is 2. The molecular weight excluding hydrogens is 430 g/mol. The first-order chi connectivity index (χ1) is 15.9. The van der Waals surface area contributed by atoms with Crippen LogP contribution in [0.4, 0.5) is 14.5 Å². The van der Waals surface area contributed by atoms with Gasteiger partial charge >= 0.3 is 12.6 Å². The minimum Gasteiger partial charge on any atom is -0.465 e. The normalized spacial score (nSPS) is 11.7. The lowest BCUT2D eigenvalue weighted by atomic mass is 9.98. The smallest absolute Gasteiger partial charge is 0.387 e. The highest BCUT2D eigenvalue weighted by atomic mass is 19.3. The van der Waals surface area contributed by atoms with Gasteiger partial charge in [0.25, 0.3) is 0 Å². The van der Waals surface area contributed by atoms with Gasteiger partial charge in [-0.2, -0.15) is 8.78 Å². The molecule has 0 aliphatic heterocycles. The maximum atomic E-state index is 12.7. The Hall–Kier alpha value is -3.78. The van der Waals surface area contributed by atoms with Crippen molar-refractivity contribution in [3.05, 3.63) is 95.1 Å². The summed E-state index contributed by atoms with van der Waals surface area (Å²) in [4.78, 5) is 24.4. The number of methoxy groups -OCH3 is 1. The van der Waals surface area contributed by atoms with Gasteiger partial charge in [-0.15, -0.1) is 0 Å². The standard InChI is InChI=1S/C25H24F2N2O4/c1-16-8-9-19(24(31)32-2)14-21(16)29-22(30)15-28-23(17-6-4-3-5-7-17)18-10-12-20(13-11-18)33-25(26)27/h3-14,23,25,28H,15H2,1-2H3,(H,29,30)/t23-/m0/s1. The van der Waals surface area contributed by atoms with Crippen LogP contribution in [0.1, 0.15) is 33.1 Å². The van der Waals surface area contributed by atoms with Crippen molar-refractivity contribution in [2.45, 2.75) is 19.6 Å². The molecule has 0 radical (unpaired) electrons. The number of carbonyl (C=O) groups excluding carboxylic acids is 2. The van der Waals surface area contributed by atoms with Crippen LogP contribution in [0, 0.1) is 6.92 Å². The molecule has 0 spiro atoms. The predicted molar refractivity (Wildman–Crippen MR) is 121 cm³/mol. The Morgan fingerprint density at radius 3 is 2.24 bits per heavy atom. The van der Waals surface area contributed by atoms with Crippen LogP contribution in [-0.4, -0.2) is 32.1 Å². The number of carbonyl (C=O) groups is 2. The zero-order chi connectivity index (χ0) is 23.8. The largest absolute Gasteiger partial charge is 0.465 e. The SMILES string of the molecule is COC(=O)c1ccc(C)c(NC(=O)CN[C@@H](c2ccccc2)c2ccc(OC(F)F)cc2)c1. The van der Waals surface area contributed by atoms with Crippen molar-refractivity contribution in [2.24, 2.45) is 0 Å². The Balaban J connectivity index is 1.74. The van der Waals surface area contributed by atoms with Gasteiger partial charge in [-0.25, -0.2) is 4.79 Å². The molecule has 0 aliphatic rings. The van der Waals surface area contributed by atoms with Crippen LogP contribution in [0.3, 0.4) is 0 Å². The second-order valence-corrected chi connectivity index (χ2v) is 7.24. The van der Waals surface area contributed by atoms with E-state index in [9.17, 15) is 18.4 Å². The zero-order valence-corrected chi connectivity index (χ0v) is 18.2. The molecule has 0 heterocycles. The van der Waals surface area contributed by atoms with Crippen molar-refractivity contribution in [1.82, 2.24) is 5.32 Å². The van der Waals surface area contributed by atoms with Crippen LogP contribution >= 0.6 is 0 Å². The molecule has 1 atom stereocenters. The minimum absolute atomic E-state index is 0.0310. The average Bonchev–Trinajstić information content (AvgIpc) is 2.81. The van der Waals surface area contributed by atoms with Crippen LogP contribution in [0.25, 0.3) is 0 Å². The van der Waals surface area contributed by atoms with E-state index in [1.54, 1.807) is 30.3 Å². The topological polar surface area (TPSA) is 76.7 Å². The fourth-order valence-electron chi connectivity index (χ4n) is 3.31. The lowest BCUT2D eigenvalue weighted by Crippen LogP contribution is -2.32. The fourth-order valence-corrected chi connectivity index (χ4v) is 3.31. The average molecular weight is 454 g/mol. The molecule has 3 aromatic rings. The molecule has 33 heavy (non-hydrogen) atoms. The Morgan fingerprint density at radius 2 is 1.61 bits per heavy atom. The molecular formula is C25H24F2N2O4.